The molecule has 2 aromatic heterocycles. The number of hydrogen-bond acceptors (Lipinski definition) is 4. The highest BCUT2D eigenvalue weighted by Gasteiger charge is 2.30. The van der Waals surface area contributed by atoms with Gasteiger partial charge in [0, 0.05) is 0 Å². The van der Waals surface area contributed by atoms with Crippen LogP contribution in [0.4, 0.5) is 13.2 Å². The quantitative estimate of drug-likeness (QED) is 0.916. The minimum absolute atomic E-state index is 0.00970. The summed E-state index contributed by atoms with van der Waals surface area (Å²) in [5, 5.41) is 12.5. The van der Waals surface area contributed by atoms with Crippen molar-refractivity contribution in [1.82, 2.24) is 14.8 Å². The lowest BCUT2D eigenvalue weighted by molar-refractivity contribution is -0.142. The molecule has 0 fully saturated rings. The van der Waals surface area contributed by atoms with Gasteiger partial charge in [-0.2, -0.15) is 18.3 Å². The molecule has 0 amide bonds. The molecule has 1 N–H and O–H groups in total. The van der Waals surface area contributed by atoms with Crippen LogP contribution in [0.1, 0.15) is 11.6 Å². The van der Waals surface area contributed by atoms with Crippen molar-refractivity contribution >= 4 is 0 Å². The summed E-state index contributed by atoms with van der Waals surface area (Å²) in [6, 6.07) is 2.92. The average Bonchev–Trinajstić information content (AvgIpc) is 2.82. The first-order chi connectivity index (χ1) is 8.39. The summed E-state index contributed by atoms with van der Waals surface area (Å²) in [5.41, 5.74) is 0. The van der Waals surface area contributed by atoms with Gasteiger partial charge in [-0.05, 0) is 19.1 Å². The van der Waals surface area contributed by atoms with Crippen molar-refractivity contribution in [2.45, 2.75) is 26.3 Å². The van der Waals surface area contributed by atoms with E-state index >= 15 is 0 Å². The van der Waals surface area contributed by atoms with Gasteiger partial charge in [-0.25, -0.2) is 9.67 Å². The summed E-state index contributed by atoms with van der Waals surface area (Å²) in [5.74, 6) is 0.605. The van der Waals surface area contributed by atoms with Gasteiger partial charge in [0.1, 0.15) is 24.7 Å². The van der Waals surface area contributed by atoms with Crippen molar-refractivity contribution in [2.24, 2.45) is 0 Å². The summed E-state index contributed by atoms with van der Waals surface area (Å²) in [6.07, 6.45) is -4.39. The molecule has 0 aliphatic carbocycles. The fraction of sp³-hybridized carbons (Fsp3) is 0.400. The second kappa shape index (κ2) is 4.45. The summed E-state index contributed by atoms with van der Waals surface area (Å²) in [7, 11) is 0. The van der Waals surface area contributed by atoms with E-state index in [0.29, 0.717) is 0 Å². The maximum absolute atomic E-state index is 12.4. The third-order valence-corrected chi connectivity index (χ3v) is 2.14. The van der Waals surface area contributed by atoms with E-state index in [-0.39, 0.29) is 29.8 Å². The molecule has 0 saturated heterocycles. The Hall–Kier alpha value is -1.83. The predicted molar refractivity (Wildman–Crippen MR) is 54.4 cm³/mol. The molecule has 2 rings (SSSR count). The molecule has 0 aromatic carbocycles. The van der Waals surface area contributed by atoms with Crippen LogP contribution >= 0.6 is 0 Å². The Bertz CT molecular complexity index is 545. The van der Waals surface area contributed by atoms with E-state index in [1.807, 2.05) is 0 Å². The van der Waals surface area contributed by atoms with Gasteiger partial charge in [0.25, 0.3) is 0 Å². The number of aliphatic hydroxyl groups is 1. The fourth-order valence-electron chi connectivity index (χ4n) is 1.50. The van der Waals surface area contributed by atoms with Gasteiger partial charge in [0.2, 0.25) is 0 Å². The fourth-order valence-corrected chi connectivity index (χ4v) is 1.50. The predicted octanol–water partition coefficient (Wildman–Crippen LogP) is 1.90. The molecule has 2 heterocycles. The van der Waals surface area contributed by atoms with Gasteiger partial charge < -0.3 is 9.52 Å². The molecule has 0 unspecified atom stereocenters. The van der Waals surface area contributed by atoms with E-state index in [9.17, 15) is 13.2 Å². The van der Waals surface area contributed by atoms with E-state index in [1.165, 1.54) is 19.1 Å². The number of furan rings is 1. The Morgan fingerprint density at radius 1 is 1.39 bits per heavy atom. The maximum Gasteiger partial charge on any atom is 0.408 e. The zero-order valence-corrected chi connectivity index (χ0v) is 9.40. The first-order valence-corrected chi connectivity index (χ1v) is 5.07. The van der Waals surface area contributed by atoms with Crippen molar-refractivity contribution in [3.63, 3.8) is 0 Å². The molecule has 18 heavy (non-hydrogen) atoms. The smallest absolute Gasteiger partial charge is 0.408 e. The van der Waals surface area contributed by atoms with E-state index in [1.54, 1.807) is 0 Å². The Balaban J connectivity index is 2.38. The van der Waals surface area contributed by atoms with Crippen molar-refractivity contribution in [2.75, 3.05) is 0 Å². The van der Waals surface area contributed by atoms with Crippen LogP contribution in [0.3, 0.4) is 0 Å². The Kier molecular flexibility index (Phi) is 3.12. The van der Waals surface area contributed by atoms with Crippen LogP contribution in [0.25, 0.3) is 11.6 Å². The highest BCUT2D eigenvalue weighted by atomic mass is 19.4. The number of aromatic nitrogens is 3. The van der Waals surface area contributed by atoms with Gasteiger partial charge >= 0.3 is 6.18 Å². The van der Waals surface area contributed by atoms with E-state index in [0.717, 1.165) is 4.68 Å². The van der Waals surface area contributed by atoms with Crippen molar-refractivity contribution in [1.29, 1.82) is 0 Å². The Morgan fingerprint density at radius 2 is 2.11 bits per heavy atom. The molecule has 0 saturated carbocycles. The molecule has 8 heteroatoms. The van der Waals surface area contributed by atoms with Crippen LogP contribution in [0, 0.1) is 6.92 Å². The Labute approximate surface area is 99.9 Å². The number of alkyl halides is 3. The summed E-state index contributed by atoms with van der Waals surface area (Å²) < 4.78 is 43.0. The van der Waals surface area contributed by atoms with Crippen LogP contribution < -0.4 is 0 Å². The van der Waals surface area contributed by atoms with Gasteiger partial charge in [-0.15, -0.1) is 0 Å². The minimum Gasteiger partial charge on any atom is -0.455 e. The zero-order valence-electron chi connectivity index (χ0n) is 9.40. The van der Waals surface area contributed by atoms with Crippen LogP contribution in [0.15, 0.2) is 16.5 Å². The van der Waals surface area contributed by atoms with Crippen molar-refractivity contribution in [3.8, 4) is 11.6 Å². The molecule has 98 valence electrons. The van der Waals surface area contributed by atoms with Gasteiger partial charge in [0.05, 0.1) is 0 Å². The van der Waals surface area contributed by atoms with E-state index < -0.39 is 12.7 Å². The third kappa shape index (κ3) is 2.70. The van der Waals surface area contributed by atoms with E-state index in [4.69, 9.17) is 9.52 Å². The first-order valence-electron chi connectivity index (χ1n) is 5.07. The first kappa shape index (κ1) is 12.6. The van der Waals surface area contributed by atoms with Gasteiger partial charge in [-0.1, -0.05) is 0 Å². The lowest BCUT2D eigenvalue weighted by Gasteiger charge is -2.07. The molecule has 0 bridgehead atoms. The molecule has 0 spiro atoms. The number of hydrogen-bond donors (Lipinski definition) is 1. The van der Waals surface area contributed by atoms with Gasteiger partial charge in [0.15, 0.2) is 11.6 Å². The molecule has 0 aliphatic heterocycles. The summed E-state index contributed by atoms with van der Waals surface area (Å²) in [4.78, 5) is 3.89. The molecule has 0 radical (unpaired) electrons. The summed E-state index contributed by atoms with van der Waals surface area (Å²) >= 11 is 0. The van der Waals surface area contributed by atoms with Crippen LogP contribution in [-0.2, 0) is 13.2 Å². The number of nitrogens with zero attached hydrogens (tertiary/aromatic N) is 3. The maximum atomic E-state index is 12.4. The van der Waals surface area contributed by atoms with Crippen LogP contribution in [0.5, 0.6) is 0 Å². The molecule has 5 nitrogen and oxygen atoms in total. The number of aryl methyl sites for hydroxylation is 1. The molecule has 0 aliphatic rings. The van der Waals surface area contributed by atoms with Crippen LogP contribution in [-0.4, -0.2) is 26.0 Å². The average molecular weight is 261 g/mol. The third-order valence-electron chi connectivity index (χ3n) is 2.14. The highest BCUT2D eigenvalue weighted by molar-refractivity contribution is 5.47. The lowest BCUT2D eigenvalue weighted by atomic mass is 10.4. The minimum atomic E-state index is -4.39. The topological polar surface area (TPSA) is 64.1 Å². The standard InChI is InChI=1S/C10H10F3N3O2/c1-6-14-9(8-3-2-7(4-17)18-8)16(15-6)5-10(11,12)13/h2-3,17H,4-5H2,1H3. The SMILES string of the molecule is Cc1nc(-c2ccc(CO)o2)n(CC(F)(F)F)n1. The summed E-state index contributed by atoms with van der Waals surface area (Å²) in [6.45, 7) is -0.0724. The van der Waals surface area contributed by atoms with Crippen molar-refractivity contribution < 1.29 is 22.7 Å². The normalized spacial score (nSPS) is 12.1. The molecular formula is C10H10F3N3O2. The van der Waals surface area contributed by atoms with Crippen molar-refractivity contribution in [3.05, 3.63) is 23.7 Å². The molecule has 0 atom stereocenters. The Morgan fingerprint density at radius 3 is 2.67 bits per heavy atom. The largest absolute Gasteiger partial charge is 0.455 e. The second-order valence-corrected chi connectivity index (χ2v) is 3.68. The number of rotatable bonds is 3. The number of aliphatic hydroxyl groups excluding tert-OH is 1. The molecular weight excluding hydrogens is 251 g/mol. The second-order valence-electron chi connectivity index (χ2n) is 3.68. The van der Waals surface area contributed by atoms with Crippen LogP contribution in [0.2, 0.25) is 0 Å². The zero-order chi connectivity index (χ0) is 13.3. The molecule has 2 aromatic rings. The highest BCUT2D eigenvalue weighted by Crippen LogP contribution is 2.24. The monoisotopic (exact) mass is 261 g/mol. The van der Waals surface area contributed by atoms with Gasteiger partial charge in [-0.3, -0.25) is 0 Å². The number of halogens is 3. The lowest BCUT2D eigenvalue weighted by Crippen LogP contribution is -2.19. The van der Waals surface area contributed by atoms with E-state index in [2.05, 4.69) is 10.1 Å².